The van der Waals surface area contributed by atoms with Crippen molar-refractivity contribution < 1.29 is 9.90 Å². The summed E-state index contributed by atoms with van der Waals surface area (Å²) in [6.07, 6.45) is 11.5. The fourth-order valence-electron chi connectivity index (χ4n) is 1.41. The minimum atomic E-state index is 0.0224. The molecule has 0 rings (SSSR count). The van der Waals surface area contributed by atoms with Crippen molar-refractivity contribution in [2.75, 3.05) is 6.61 Å². The number of aldehydes is 1. The molecule has 96 valence electrons. The van der Waals surface area contributed by atoms with Crippen LogP contribution in [-0.4, -0.2) is 18.0 Å². The van der Waals surface area contributed by atoms with Gasteiger partial charge in [-0.15, -0.1) is 0 Å². The van der Waals surface area contributed by atoms with Crippen LogP contribution in [0.2, 0.25) is 0 Å². The van der Waals surface area contributed by atoms with E-state index in [4.69, 9.17) is 5.11 Å². The van der Waals surface area contributed by atoms with Gasteiger partial charge in [0.2, 0.25) is 0 Å². The summed E-state index contributed by atoms with van der Waals surface area (Å²) < 4.78 is 0. The van der Waals surface area contributed by atoms with Gasteiger partial charge in [-0.05, 0) is 44.6 Å². The third kappa shape index (κ3) is 9.76. The topological polar surface area (TPSA) is 37.3 Å². The van der Waals surface area contributed by atoms with E-state index in [2.05, 4.69) is 32.9 Å². The molecule has 0 amide bonds. The van der Waals surface area contributed by atoms with Crippen molar-refractivity contribution in [3.05, 3.63) is 35.5 Å². The zero-order valence-corrected chi connectivity index (χ0v) is 11.1. The Hall–Kier alpha value is -1.15. The third-order valence-corrected chi connectivity index (χ3v) is 2.48. The second kappa shape index (κ2) is 10.0. The number of aliphatic hydroxyl groups is 1. The predicted octanol–water partition coefficient (Wildman–Crippen LogP) is 3.43. The molecule has 0 aliphatic heterocycles. The molecule has 2 nitrogen and oxygen atoms in total. The minimum absolute atomic E-state index is 0.0224. The average molecular weight is 236 g/mol. The quantitative estimate of drug-likeness (QED) is 0.303. The van der Waals surface area contributed by atoms with Gasteiger partial charge in [0.25, 0.3) is 0 Å². The molecule has 0 aliphatic carbocycles. The number of carbonyl (C=O) groups excluding carboxylic acids is 1. The van der Waals surface area contributed by atoms with Gasteiger partial charge in [-0.2, -0.15) is 0 Å². The first kappa shape index (κ1) is 15.9. The molecule has 0 saturated heterocycles. The lowest BCUT2D eigenvalue weighted by Gasteiger charge is -2.02. The van der Waals surface area contributed by atoms with Crippen LogP contribution in [0.3, 0.4) is 0 Å². The molecule has 2 heteroatoms. The molecule has 0 heterocycles. The van der Waals surface area contributed by atoms with Crippen LogP contribution >= 0.6 is 0 Å². The highest BCUT2D eigenvalue weighted by Gasteiger charge is 1.95. The van der Waals surface area contributed by atoms with Crippen molar-refractivity contribution >= 4 is 6.29 Å². The number of carbonyl (C=O) groups is 1. The van der Waals surface area contributed by atoms with Crippen LogP contribution in [0.4, 0.5) is 0 Å². The molecule has 17 heavy (non-hydrogen) atoms. The van der Waals surface area contributed by atoms with Crippen LogP contribution in [0, 0.1) is 5.92 Å². The van der Waals surface area contributed by atoms with Gasteiger partial charge in [0.15, 0.2) is 0 Å². The molecule has 0 bridgehead atoms. The highest BCUT2D eigenvalue weighted by Crippen LogP contribution is 2.09. The molecule has 1 N–H and O–H groups in total. The number of hydrogen-bond acceptors (Lipinski definition) is 2. The smallest absolute Gasteiger partial charge is 0.146 e. The summed E-state index contributed by atoms with van der Waals surface area (Å²) >= 11 is 0. The Kier molecular flexibility index (Phi) is 9.35. The SMILES string of the molecule is CC(C)=CCC[C@@H](C)/C=C/C=C(/C=O)CCO. The summed E-state index contributed by atoms with van der Waals surface area (Å²) in [6.45, 7) is 6.40. The molecule has 0 fully saturated rings. The first-order valence-electron chi connectivity index (χ1n) is 6.17. The lowest BCUT2D eigenvalue weighted by molar-refractivity contribution is -0.105. The Morgan fingerprint density at radius 2 is 2.06 bits per heavy atom. The van der Waals surface area contributed by atoms with Gasteiger partial charge < -0.3 is 5.11 Å². The highest BCUT2D eigenvalue weighted by atomic mass is 16.3. The van der Waals surface area contributed by atoms with Crippen molar-refractivity contribution in [1.82, 2.24) is 0 Å². The summed E-state index contributed by atoms with van der Waals surface area (Å²) in [5.74, 6) is 0.504. The summed E-state index contributed by atoms with van der Waals surface area (Å²) in [5.41, 5.74) is 1.99. The highest BCUT2D eigenvalue weighted by molar-refractivity contribution is 5.73. The molecule has 0 unspecified atom stereocenters. The standard InChI is InChI=1S/C15H24O2/c1-13(2)6-4-7-14(3)8-5-9-15(12-17)10-11-16/h5-6,8-9,12,14,16H,4,7,10-11H2,1-3H3/b8-5+,15-9+/t14-/m1/s1. The summed E-state index contributed by atoms with van der Waals surface area (Å²) in [7, 11) is 0. The Morgan fingerprint density at radius 3 is 2.59 bits per heavy atom. The van der Waals surface area contributed by atoms with E-state index in [1.165, 1.54) is 5.57 Å². The van der Waals surface area contributed by atoms with Gasteiger partial charge in [-0.25, -0.2) is 0 Å². The van der Waals surface area contributed by atoms with E-state index in [0.29, 0.717) is 17.9 Å². The normalized spacial score (nSPS) is 13.8. The van der Waals surface area contributed by atoms with E-state index in [1.54, 1.807) is 6.08 Å². The van der Waals surface area contributed by atoms with Crippen molar-refractivity contribution in [2.24, 2.45) is 5.92 Å². The summed E-state index contributed by atoms with van der Waals surface area (Å²) in [6, 6.07) is 0. The van der Waals surface area contributed by atoms with Crippen molar-refractivity contribution in [1.29, 1.82) is 0 Å². The predicted molar refractivity (Wildman–Crippen MR) is 72.8 cm³/mol. The zero-order chi connectivity index (χ0) is 13.1. The second-order valence-corrected chi connectivity index (χ2v) is 4.55. The monoisotopic (exact) mass is 236 g/mol. The van der Waals surface area contributed by atoms with Crippen LogP contribution in [0.15, 0.2) is 35.5 Å². The molecule has 0 spiro atoms. The largest absolute Gasteiger partial charge is 0.396 e. The molecule has 0 aromatic heterocycles. The molecular formula is C15H24O2. The molecule has 1 atom stereocenters. The van der Waals surface area contributed by atoms with Gasteiger partial charge in [0.1, 0.15) is 6.29 Å². The van der Waals surface area contributed by atoms with Crippen LogP contribution in [-0.2, 0) is 4.79 Å². The van der Waals surface area contributed by atoms with Gasteiger partial charge in [0.05, 0.1) is 0 Å². The Labute approximate surface area is 105 Å². The average Bonchev–Trinajstić information content (AvgIpc) is 2.27. The number of rotatable bonds is 8. The molecule has 0 aromatic rings. The van der Waals surface area contributed by atoms with Crippen LogP contribution in [0.5, 0.6) is 0 Å². The zero-order valence-electron chi connectivity index (χ0n) is 11.1. The number of allylic oxidation sites excluding steroid dienone is 5. The second-order valence-electron chi connectivity index (χ2n) is 4.55. The molecule has 0 saturated carbocycles. The Balaban J connectivity index is 4.05. The van der Waals surface area contributed by atoms with E-state index >= 15 is 0 Å². The Morgan fingerprint density at radius 1 is 1.35 bits per heavy atom. The van der Waals surface area contributed by atoms with E-state index < -0.39 is 0 Å². The van der Waals surface area contributed by atoms with Gasteiger partial charge >= 0.3 is 0 Å². The maximum atomic E-state index is 10.6. The van der Waals surface area contributed by atoms with Gasteiger partial charge in [-0.3, -0.25) is 4.79 Å². The molecule has 0 aliphatic rings. The Bertz CT molecular complexity index is 294. The first-order valence-corrected chi connectivity index (χ1v) is 6.17. The van der Waals surface area contributed by atoms with Gasteiger partial charge in [-0.1, -0.05) is 36.8 Å². The van der Waals surface area contributed by atoms with Crippen molar-refractivity contribution in [2.45, 2.75) is 40.0 Å². The van der Waals surface area contributed by atoms with Crippen LogP contribution in [0.1, 0.15) is 40.0 Å². The molecule has 0 aromatic carbocycles. The molecule has 0 radical (unpaired) electrons. The number of hydrogen-bond donors (Lipinski definition) is 1. The lowest BCUT2D eigenvalue weighted by Crippen LogP contribution is -1.90. The van der Waals surface area contributed by atoms with Crippen LogP contribution < -0.4 is 0 Å². The summed E-state index contributed by atoms with van der Waals surface area (Å²) in [4.78, 5) is 10.6. The van der Waals surface area contributed by atoms with Crippen LogP contribution in [0.25, 0.3) is 0 Å². The van der Waals surface area contributed by atoms with E-state index in [0.717, 1.165) is 19.1 Å². The minimum Gasteiger partial charge on any atom is -0.396 e. The maximum absolute atomic E-state index is 10.6. The fourth-order valence-corrected chi connectivity index (χ4v) is 1.41. The van der Waals surface area contributed by atoms with E-state index in [1.807, 2.05) is 6.08 Å². The van der Waals surface area contributed by atoms with Crippen molar-refractivity contribution in [3.63, 3.8) is 0 Å². The summed E-state index contributed by atoms with van der Waals surface area (Å²) in [5, 5.41) is 8.71. The third-order valence-electron chi connectivity index (χ3n) is 2.48. The maximum Gasteiger partial charge on any atom is 0.146 e. The van der Waals surface area contributed by atoms with E-state index in [9.17, 15) is 4.79 Å². The first-order chi connectivity index (χ1) is 8.10. The molecular weight excluding hydrogens is 212 g/mol. The van der Waals surface area contributed by atoms with Crippen molar-refractivity contribution in [3.8, 4) is 0 Å². The van der Waals surface area contributed by atoms with Gasteiger partial charge in [0, 0.05) is 6.61 Å². The van der Waals surface area contributed by atoms with E-state index in [-0.39, 0.29) is 6.61 Å². The fraction of sp³-hybridized carbons (Fsp3) is 0.533. The lowest BCUT2D eigenvalue weighted by atomic mass is 10.0. The number of aliphatic hydroxyl groups excluding tert-OH is 1.